The number of aromatic nitrogens is 1. The van der Waals surface area contributed by atoms with Gasteiger partial charge in [0.15, 0.2) is 0 Å². The van der Waals surface area contributed by atoms with Gasteiger partial charge in [-0.3, -0.25) is 23.7 Å². The van der Waals surface area contributed by atoms with Gasteiger partial charge < -0.3 is 10.4 Å². The fourth-order valence-corrected chi connectivity index (χ4v) is 5.33. The van der Waals surface area contributed by atoms with Crippen LogP contribution in [0.1, 0.15) is 6.42 Å². The molecule has 0 radical (unpaired) electrons. The van der Waals surface area contributed by atoms with Gasteiger partial charge in [0, 0.05) is 40.1 Å². The van der Waals surface area contributed by atoms with Crippen molar-refractivity contribution in [2.75, 3.05) is 18.1 Å². The summed E-state index contributed by atoms with van der Waals surface area (Å²) in [5.41, 5.74) is 8.59. The summed E-state index contributed by atoms with van der Waals surface area (Å²) in [5, 5.41) is 14.9. The van der Waals surface area contributed by atoms with Gasteiger partial charge in [0.25, 0.3) is 5.91 Å². The van der Waals surface area contributed by atoms with Crippen LogP contribution in [0.2, 0.25) is 0 Å². The molecule has 13 heteroatoms. The SMILES string of the molecule is [N-]=[N+]=NCC1=C(C(=O)O)N2C(=O)C(NC(=O)CCS(=O)c3ccncc3)[C@@H]2SC1. The van der Waals surface area contributed by atoms with E-state index in [1.165, 1.54) is 24.2 Å². The van der Waals surface area contributed by atoms with E-state index >= 15 is 0 Å². The fraction of sp³-hybridized carbons (Fsp3) is 0.375. The molecule has 1 saturated heterocycles. The standard InChI is InChI=1S/C16H16N6O5S2/c17-21-19-7-9-8-28-15-12(14(24)22(15)13(9)16(25)26)20-11(23)3-6-29(27)10-1-4-18-5-2-10/h1-2,4-5,12,15H,3,6-8H2,(H,20,23)(H,25,26)/t12?,15-,29?/m0/s1. The predicted molar refractivity (Wildman–Crippen MR) is 104 cm³/mol. The summed E-state index contributed by atoms with van der Waals surface area (Å²) in [5.74, 6) is -1.90. The summed E-state index contributed by atoms with van der Waals surface area (Å²) in [6.45, 7) is -0.139. The van der Waals surface area contributed by atoms with Gasteiger partial charge in [0.2, 0.25) is 5.91 Å². The number of carboxylic acid groups (broad SMARTS) is 1. The summed E-state index contributed by atoms with van der Waals surface area (Å²) in [6.07, 6.45) is 2.98. The zero-order valence-electron chi connectivity index (χ0n) is 14.9. The van der Waals surface area contributed by atoms with Crippen LogP contribution in [0.3, 0.4) is 0 Å². The number of carboxylic acids is 1. The Bertz CT molecular complexity index is 946. The van der Waals surface area contributed by atoms with Gasteiger partial charge >= 0.3 is 5.97 Å². The van der Waals surface area contributed by atoms with E-state index in [4.69, 9.17) is 5.53 Å². The van der Waals surface area contributed by atoms with Crippen molar-refractivity contribution in [2.24, 2.45) is 5.11 Å². The van der Waals surface area contributed by atoms with Crippen LogP contribution in [0.25, 0.3) is 10.4 Å². The van der Waals surface area contributed by atoms with E-state index in [2.05, 4.69) is 20.3 Å². The Kier molecular flexibility index (Phi) is 6.52. The van der Waals surface area contributed by atoms with Crippen molar-refractivity contribution in [1.29, 1.82) is 0 Å². The van der Waals surface area contributed by atoms with Gasteiger partial charge in [-0.2, -0.15) is 0 Å². The van der Waals surface area contributed by atoms with Crippen LogP contribution in [-0.2, 0) is 25.2 Å². The number of nitrogens with one attached hydrogen (secondary N) is 1. The first-order valence-electron chi connectivity index (χ1n) is 8.42. The van der Waals surface area contributed by atoms with Crippen molar-refractivity contribution in [3.63, 3.8) is 0 Å². The first-order valence-corrected chi connectivity index (χ1v) is 10.8. The van der Waals surface area contributed by atoms with E-state index in [9.17, 15) is 23.7 Å². The second-order valence-electron chi connectivity index (χ2n) is 6.08. The fourth-order valence-electron chi connectivity index (χ4n) is 2.96. The molecule has 152 valence electrons. The molecule has 0 spiro atoms. The highest BCUT2D eigenvalue weighted by molar-refractivity contribution is 8.00. The average molecular weight is 436 g/mol. The van der Waals surface area contributed by atoms with Gasteiger partial charge in [-0.1, -0.05) is 5.11 Å². The Morgan fingerprint density at radius 3 is 2.83 bits per heavy atom. The minimum atomic E-state index is -1.37. The average Bonchev–Trinajstić information content (AvgIpc) is 2.73. The molecule has 2 aliphatic rings. The molecule has 3 rings (SSSR count). The van der Waals surface area contributed by atoms with Crippen molar-refractivity contribution in [1.82, 2.24) is 15.2 Å². The van der Waals surface area contributed by atoms with E-state index in [0.29, 0.717) is 10.5 Å². The zero-order valence-corrected chi connectivity index (χ0v) is 16.6. The molecule has 2 amide bonds. The van der Waals surface area contributed by atoms with E-state index in [-0.39, 0.29) is 30.2 Å². The van der Waals surface area contributed by atoms with Crippen molar-refractivity contribution >= 4 is 40.3 Å². The number of pyridine rings is 1. The lowest BCUT2D eigenvalue weighted by molar-refractivity contribution is -0.150. The molecule has 1 aromatic heterocycles. The van der Waals surface area contributed by atoms with Crippen LogP contribution in [0.15, 0.2) is 45.8 Å². The number of carbonyl (C=O) groups is 3. The normalized spacial score (nSPS) is 21.5. The van der Waals surface area contributed by atoms with Crippen molar-refractivity contribution in [2.45, 2.75) is 22.7 Å². The molecule has 0 aromatic carbocycles. The molecular weight excluding hydrogens is 420 g/mol. The summed E-state index contributed by atoms with van der Waals surface area (Å²) in [4.78, 5) is 44.4. The molecule has 2 aliphatic heterocycles. The third-order valence-electron chi connectivity index (χ3n) is 4.32. The Labute approximate surface area is 171 Å². The number of hydrogen-bond acceptors (Lipinski definition) is 7. The lowest BCUT2D eigenvalue weighted by atomic mass is 10.0. The van der Waals surface area contributed by atoms with Gasteiger partial charge in [-0.25, -0.2) is 4.79 Å². The molecule has 1 aromatic rings. The number of thioether (sulfide) groups is 1. The summed E-state index contributed by atoms with van der Waals surface area (Å²) >= 11 is 1.29. The molecule has 0 aliphatic carbocycles. The van der Waals surface area contributed by atoms with Crippen LogP contribution < -0.4 is 5.32 Å². The third-order valence-corrected chi connectivity index (χ3v) is 7.03. The van der Waals surface area contributed by atoms with Crippen molar-refractivity contribution in [3.05, 3.63) is 46.2 Å². The lowest BCUT2D eigenvalue weighted by Crippen LogP contribution is -2.70. The topological polar surface area (TPSA) is 165 Å². The number of rotatable bonds is 8. The summed E-state index contributed by atoms with van der Waals surface area (Å²) in [7, 11) is -1.37. The lowest BCUT2D eigenvalue weighted by Gasteiger charge is -2.49. The molecule has 2 N–H and O–H groups in total. The minimum Gasteiger partial charge on any atom is -0.477 e. The second-order valence-corrected chi connectivity index (χ2v) is 8.76. The molecular formula is C16H16N6O5S2. The highest BCUT2D eigenvalue weighted by Gasteiger charge is 2.53. The van der Waals surface area contributed by atoms with E-state index in [1.54, 1.807) is 12.1 Å². The predicted octanol–water partition coefficient (Wildman–Crippen LogP) is 0.628. The first kappa shape index (κ1) is 20.8. The van der Waals surface area contributed by atoms with Gasteiger partial charge in [-0.05, 0) is 23.2 Å². The smallest absolute Gasteiger partial charge is 0.352 e. The maximum absolute atomic E-state index is 12.5. The number of hydrogen-bond donors (Lipinski definition) is 2. The molecule has 11 nitrogen and oxygen atoms in total. The first-order chi connectivity index (χ1) is 13.9. The van der Waals surface area contributed by atoms with E-state index in [0.717, 1.165) is 4.90 Å². The van der Waals surface area contributed by atoms with Gasteiger partial charge in [0.05, 0.1) is 17.3 Å². The molecule has 3 atom stereocenters. The molecule has 3 heterocycles. The Hall–Kier alpha value is -2.89. The number of fused-ring (bicyclic) bond motifs is 1. The highest BCUT2D eigenvalue weighted by Crippen LogP contribution is 2.40. The number of aliphatic carboxylic acids is 1. The zero-order chi connectivity index (χ0) is 21.0. The highest BCUT2D eigenvalue weighted by atomic mass is 32.2. The third kappa shape index (κ3) is 4.42. The Balaban J connectivity index is 1.60. The number of carbonyl (C=O) groups excluding carboxylic acids is 2. The maximum Gasteiger partial charge on any atom is 0.352 e. The number of nitrogens with zero attached hydrogens (tertiary/aromatic N) is 5. The van der Waals surface area contributed by atoms with Crippen LogP contribution in [0, 0.1) is 0 Å². The second kappa shape index (κ2) is 9.07. The largest absolute Gasteiger partial charge is 0.477 e. The van der Waals surface area contributed by atoms with Gasteiger partial charge in [0.1, 0.15) is 17.1 Å². The van der Waals surface area contributed by atoms with E-state index in [1.807, 2.05) is 0 Å². The molecule has 0 saturated carbocycles. The van der Waals surface area contributed by atoms with Gasteiger partial charge in [-0.15, -0.1) is 11.8 Å². The summed E-state index contributed by atoms with van der Waals surface area (Å²) in [6, 6.07) is 2.36. The molecule has 29 heavy (non-hydrogen) atoms. The number of β-lactam (4-membered cyclic amide) rings is 1. The van der Waals surface area contributed by atoms with Crippen molar-refractivity contribution < 1.29 is 23.7 Å². The van der Waals surface area contributed by atoms with Crippen LogP contribution in [0.5, 0.6) is 0 Å². The van der Waals surface area contributed by atoms with Crippen LogP contribution >= 0.6 is 11.8 Å². The Morgan fingerprint density at radius 2 is 2.17 bits per heavy atom. The Morgan fingerprint density at radius 1 is 1.45 bits per heavy atom. The van der Waals surface area contributed by atoms with Crippen molar-refractivity contribution in [3.8, 4) is 0 Å². The summed E-state index contributed by atoms with van der Waals surface area (Å²) < 4.78 is 12.2. The molecule has 1 fully saturated rings. The molecule has 2 unspecified atom stereocenters. The molecule has 0 bridgehead atoms. The van der Waals surface area contributed by atoms with Crippen LogP contribution in [0.4, 0.5) is 0 Å². The minimum absolute atomic E-state index is 0.0418. The van der Waals surface area contributed by atoms with E-state index < -0.39 is 40.0 Å². The number of amides is 2. The maximum atomic E-state index is 12.5. The number of azide groups is 1. The monoisotopic (exact) mass is 436 g/mol. The van der Waals surface area contributed by atoms with Crippen LogP contribution in [-0.4, -0.2) is 66.4 Å². The quantitative estimate of drug-likeness (QED) is 0.261.